The Labute approximate surface area is 196 Å². The van der Waals surface area contributed by atoms with E-state index in [-0.39, 0.29) is 24.2 Å². The number of H-pyrrole nitrogens is 1. The lowest BCUT2D eigenvalue weighted by Gasteiger charge is -2.09. The Morgan fingerprint density at radius 3 is 2.74 bits per heavy atom. The quantitative estimate of drug-likeness (QED) is 0.417. The average Bonchev–Trinajstić information content (AvgIpc) is 3.49. The zero-order valence-corrected chi connectivity index (χ0v) is 18.2. The molecule has 176 valence electrons. The van der Waals surface area contributed by atoms with Crippen LogP contribution in [0.25, 0.3) is 16.6 Å². The van der Waals surface area contributed by atoms with Crippen molar-refractivity contribution in [3.8, 4) is 0 Å². The zero-order valence-electron chi connectivity index (χ0n) is 18.2. The molecule has 0 fully saturated rings. The molecule has 0 bridgehead atoms. The Morgan fingerprint density at radius 2 is 1.94 bits per heavy atom. The molecule has 0 spiro atoms. The van der Waals surface area contributed by atoms with Gasteiger partial charge in [-0.2, -0.15) is 0 Å². The topological polar surface area (TPSA) is 92.1 Å². The highest BCUT2D eigenvalue weighted by atomic mass is 19.2. The number of hydrogen-bond donors (Lipinski definition) is 2. The number of carbonyl (C=O) groups excluding carboxylic acids is 1. The minimum Gasteiger partial charge on any atom is -0.346 e. The van der Waals surface area contributed by atoms with Crippen molar-refractivity contribution in [2.75, 3.05) is 13.1 Å². The Balaban J connectivity index is 1.28. The standard InChI is InChI=1S/C25H18F3N5O2/c26-20-7-14(8-21(27)22(20)28)13-33-6-2-4-18(25(33)35)24(34)32-11-16-9-15(10-30-16)19-12-31-23-17(19)3-1-5-29-23/h1-9,12H,10-11,13H2,(H,29,31)(H,32,34). The third kappa shape index (κ3) is 4.37. The predicted molar refractivity (Wildman–Crippen MR) is 125 cm³/mol. The van der Waals surface area contributed by atoms with Crippen LogP contribution in [-0.4, -0.2) is 39.2 Å². The summed E-state index contributed by atoms with van der Waals surface area (Å²) in [5.74, 6) is -4.89. The number of fused-ring (bicyclic) bond motifs is 1. The van der Waals surface area contributed by atoms with Gasteiger partial charge in [0.15, 0.2) is 17.5 Å². The van der Waals surface area contributed by atoms with E-state index in [0.717, 1.165) is 38.9 Å². The molecule has 1 aliphatic rings. The van der Waals surface area contributed by atoms with Gasteiger partial charge in [0, 0.05) is 29.5 Å². The smallest absolute Gasteiger partial charge is 0.263 e. The van der Waals surface area contributed by atoms with Gasteiger partial charge in [-0.1, -0.05) is 0 Å². The van der Waals surface area contributed by atoms with Gasteiger partial charge >= 0.3 is 0 Å². The number of rotatable bonds is 6. The highest BCUT2D eigenvalue weighted by Gasteiger charge is 2.17. The summed E-state index contributed by atoms with van der Waals surface area (Å²) in [7, 11) is 0. The Morgan fingerprint density at radius 1 is 1.14 bits per heavy atom. The minimum absolute atomic E-state index is 0.0477. The highest BCUT2D eigenvalue weighted by Crippen LogP contribution is 2.26. The fraction of sp³-hybridized carbons (Fsp3) is 0.120. The first kappa shape index (κ1) is 22.3. The van der Waals surface area contributed by atoms with Gasteiger partial charge < -0.3 is 14.9 Å². The summed E-state index contributed by atoms with van der Waals surface area (Å²) in [4.78, 5) is 37.3. The van der Waals surface area contributed by atoms with Gasteiger partial charge in [0.05, 0.1) is 25.3 Å². The monoisotopic (exact) mass is 477 g/mol. The summed E-state index contributed by atoms with van der Waals surface area (Å²) in [6.45, 7) is 0.341. The lowest BCUT2D eigenvalue weighted by atomic mass is 10.1. The Kier molecular flexibility index (Phi) is 5.77. The number of benzene rings is 1. The van der Waals surface area contributed by atoms with Crippen LogP contribution in [0, 0.1) is 17.5 Å². The summed E-state index contributed by atoms with van der Waals surface area (Å²) in [5.41, 5.74) is 2.66. The average molecular weight is 477 g/mol. The van der Waals surface area contributed by atoms with Crippen LogP contribution in [0.3, 0.4) is 0 Å². The summed E-state index contributed by atoms with van der Waals surface area (Å²) < 4.78 is 41.3. The normalized spacial score (nSPS) is 13.1. The molecule has 0 radical (unpaired) electrons. The molecule has 4 aromatic rings. The molecule has 4 heterocycles. The first-order chi connectivity index (χ1) is 16.9. The Hall–Kier alpha value is -4.47. The van der Waals surface area contributed by atoms with Gasteiger partial charge in [-0.05, 0) is 53.6 Å². The number of aliphatic imine (C=N–C) groups is 1. The molecule has 0 aliphatic carbocycles. The molecule has 0 saturated carbocycles. The van der Waals surface area contributed by atoms with Gasteiger partial charge in [0.1, 0.15) is 11.2 Å². The second kappa shape index (κ2) is 9.05. The van der Waals surface area contributed by atoms with Crippen molar-refractivity contribution in [2.45, 2.75) is 6.54 Å². The van der Waals surface area contributed by atoms with Crippen molar-refractivity contribution in [3.05, 3.63) is 106 Å². The van der Waals surface area contributed by atoms with Crippen molar-refractivity contribution < 1.29 is 18.0 Å². The SMILES string of the molecule is O=C(NCC1=NCC(c2c[nH]c3ncccc23)=C1)c1cccn(Cc2cc(F)c(F)c(F)c2)c1=O. The number of hydrogen-bond acceptors (Lipinski definition) is 4. The third-order valence-electron chi connectivity index (χ3n) is 5.68. The van der Waals surface area contributed by atoms with Gasteiger partial charge in [-0.3, -0.25) is 14.6 Å². The molecule has 5 rings (SSSR count). The summed E-state index contributed by atoms with van der Waals surface area (Å²) in [6, 6.07) is 8.27. The van der Waals surface area contributed by atoms with Gasteiger partial charge in [-0.15, -0.1) is 0 Å². The van der Waals surface area contributed by atoms with E-state index in [1.54, 1.807) is 6.20 Å². The largest absolute Gasteiger partial charge is 0.346 e. The van der Waals surface area contributed by atoms with Crippen molar-refractivity contribution in [1.29, 1.82) is 0 Å². The third-order valence-corrected chi connectivity index (χ3v) is 5.68. The van der Waals surface area contributed by atoms with E-state index < -0.39 is 28.9 Å². The molecule has 0 atom stereocenters. The zero-order chi connectivity index (χ0) is 24.5. The van der Waals surface area contributed by atoms with E-state index >= 15 is 0 Å². The fourth-order valence-corrected chi connectivity index (χ4v) is 3.97. The minimum atomic E-state index is -1.58. The fourth-order valence-electron chi connectivity index (χ4n) is 3.97. The summed E-state index contributed by atoms with van der Waals surface area (Å²) in [5, 5.41) is 3.66. The van der Waals surface area contributed by atoms with E-state index in [0.29, 0.717) is 12.3 Å². The number of pyridine rings is 2. The lowest BCUT2D eigenvalue weighted by molar-refractivity contribution is 0.0957. The number of halogens is 3. The molecule has 35 heavy (non-hydrogen) atoms. The summed E-state index contributed by atoms with van der Waals surface area (Å²) >= 11 is 0. The molecule has 10 heteroatoms. The maximum Gasteiger partial charge on any atom is 0.263 e. The molecule has 2 N–H and O–H groups in total. The first-order valence-electron chi connectivity index (χ1n) is 10.7. The number of nitrogens with one attached hydrogen (secondary N) is 2. The van der Waals surface area contributed by atoms with Crippen molar-refractivity contribution in [3.63, 3.8) is 0 Å². The number of nitrogens with zero attached hydrogens (tertiary/aromatic N) is 3. The maximum atomic E-state index is 13.5. The number of amides is 1. The van der Waals surface area contributed by atoms with Crippen molar-refractivity contribution in [2.24, 2.45) is 4.99 Å². The molecule has 1 aliphatic heterocycles. The molecule has 1 amide bonds. The summed E-state index contributed by atoms with van der Waals surface area (Å²) in [6.07, 6.45) is 6.84. The van der Waals surface area contributed by atoms with E-state index in [2.05, 4.69) is 20.3 Å². The van der Waals surface area contributed by atoms with Crippen LogP contribution < -0.4 is 10.9 Å². The van der Waals surface area contributed by atoms with E-state index in [1.165, 1.54) is 18.3 Å². The van der Waals surface area contributed by atoms with Crippen LogP contribution in [0.4, 0.5) is 13.2 Å². The van der Waals surface area contributed by atoms with Crippen LogP contribution in [0.1, 0.15) is 21.5 Å². The molecular weight excluding hydrogens is 459 g/mol. The van der Waals surface area contributed by atoms with Crippen LogP contribution >= 0.6 is 0 Å². The second-order valence-electron chi connectivity index (χ2n) is 7.99. The van der Waals surface area contributed by atoms with Crippen LogP contribution in [0.5, 0.6) is 0 Å². The lowest BCUT2D eigenvalue weighted by Crippen LogP contribution is -2.35. The van der Waals surface area contributed by atoms with Crippen LogP contribution in [-0.2, 0) is 6.54 Å². The van der Waals surface area contributed by atoms with E-state index in [4.69, 9.17) is 0 Å². The highest BCUT2D eigenvalue weighted by molar-refractivity contribution is 6.09. The van der Waals surface area contributed by atoms with Crippen molar-refractivity contribution >= 4 is 28.2 Å². The number of aromatic amines is 1. The molecular formula is C25H18F3N5O2. The van der Waals surface area contributed by atoms with Gasteiger partial charge in [0.2, 0.25) is 0 Å². The maximum absolute atomic E-state index is 13.5. The molecule has 1 aromatic carbocycles. The second-order valence-corrected chi connectivity index (χ2v) is 7.99. The molecule has 7 nitrogen and oxygen atoms in total. The van der Waals surface area contributed by atoms with Gasteiger partial charge in [-0.25, -0.2) is 18.2 Å². The predicted octanol–water partition coefficient (Wildman–Crippen LogP) is 3.46. The van der Waals surface area contributed by atoms with Crippen molar-refractivity contribution in [1.82, 2.24) is 19.9 Å². The van der Waals surface area contributed by atoms with E-state index in [1.807, 2.05) is 24.4 Å². The van der Waals surface area contributed by atoms with E-state index in [9.17, 15) is 22.8 Å². The van der Waals surface area contributed by atoms with Crippen LogP contribution in [0.15, 0.2) is 70.9 Å². The Bertz CT molecular complexity index is 1560. The number of carbonyl (C=O) groups is 1. The molecule has 3 aromatic heterocycles. The van der Waals surface area contributed by atoms with Gasteiger partial charge in [0.25, 0.3) is 11.5 Å². The molecule has 0 unspecified atom stereocenters. The first-order valence-corrected chi connectivity index (χ1v) is 10.7. The number of aromatic nitrogens is 3. The van der Waals surface area contributed by atoms with Crippen LogP contribution in [0.2, 0.25) is 0 Å². The molecule has 0 saturated heterocycles.